The minimum absolute atomic E-state index is 0.0146. The largest absolute Gasteiger partial charge is 0.313 e. The van der Waals surface area contributed by atoms with Crippen molar-refractivity contribution in [2.45, 2.75) is 33.7 Å². The molecule has 0 N–H and O–H groups in total. The molecule has 1 aliphatic heterocycles. The fraction of sp³-hybridized carbons (Fsp3) is 0.545. The molecule has 0 atom stereocenters. The molecule has 1 heterocycles. The van der Waals surface area contributed by atoms with Gasteiger partial charge < -0.3 is 4.90 Å². The number of nitrogens with zero attached hydrogens (tertiary/aromatic N) is 1. The molecule has 13 heavy (non-hydrogen) atoms. The average molecular weight is 179 g/mol. The number of carbonyl (C=O) groups is 1. The lowest BCUT2D eigenvalue weighted by molar-refractivity contribution is -0.124. The van der Waals surface area contributed by atoms with E-state index in [4.69, 9.17) is 0 Å². The third-order valence-electron chi connectivity index (χ3n) is 2.13. The molecule has 0 aromatic heterocycles. The summed E-state index contributed by atoms with van der Waals surface area (Å²) in [5.74, 6) is 0.0665. The zero-order valence-electron chi connectivity index (χ0n) is 8.74. The van der Waals surface area contributed by atoms with Gasteiger partial charge in [-0.1, -0.05) is 26.0 Å². The third kappa shape index (κ3) is 2.44. The van der Waals surface area contributed by atoms with Gasteiger partial charge in [0.25, 0.3) is 0 Å². The summed E-state index contributed by atoms with van der Waals surface area (Å²) in [5, 5.41) is 0. The number of allylic oxidation sites excluding steroid dienone is 2. The van der Waals surface area contributed by atoms with Crippen LogP contribution in [0.4, 0.5) is 0 Å². The first-order chi connectivity index (χ1) is 5.92. The van der Waals surface area contributed by atoms with Gasteiger partial charge in [-0.15, -0.1) is 0 Å². The van der Waals surface area contributed by atoms with Crippen molar-refractivity contribution < 1.29 is 4.79 Å². The lowest BCUT2D eigenvalue weighted by Gasteiger charge is -2.20. The molecule has 2 nitrogen and oxygen atoms in total. The van der Waals surface area contributed by atoms with Crippen LogP contribution in [0.15, 0.2) is 24.4 Å². The van der Waals surface area contributed by atoms with E-state index in [0.29, 0.717) is 0 Å². The van der Waals surface area contributed by atoms with Gasteiger partial charge >= 0.3 is 0 Å². The van der Waals surface area contributed by atoms with E-state index in [1.165, 1.54) is 0 Å². The smallest absolute Gasteiger partial charge is 0.250 e. The number of carbonyl (C=O) groups excluding carboxylic acids is 1. The van der Waals surface area contributed by atoms with E-state index in [2.05, 4.69) is 19.9 Å². The number of amides is 1. The first kappa shape index (κ1) is 10.0. The van der Waals surface area contributed by atoms with Crippen molar-refractivity contribution in [3.8, 4) is 0 Å². The maximum Gasteiger partial charge on any atom is 0.250 e. The minimum atomic E-state index is -0.0146. The molecular weight excluding hydrogens is 162 g/mol. The monoisotopic (exact) mass is 179 g/mol. The van der Waals surface area contributed by atoms with Crippen LogP contribution in [0.3, 0.4) is 0 Å². The Morgan fingerprint density at radius 2 is 1.92 bits per heavy atom. The van der Waals surface area contributed by atoms with Gasteiger partial charge in [0.15, 0.2) is 0 Å². The average Bonchev–Trinajstić information content (AvgIpc) is 2.11. The Bertz CT molecular complexity index is 261. The van der Waals surface area contributed by atoms with Crippen LogP contribution in [0.2, 0.25) is 0 Å². The molecule has 0 radical (unpaired) electrons. The van der Waals surface area contributed by atoms with Crippen molar-refractivity contribution in [3.63, 3.8) is 0 Å². The van der Waals surface area contributed by atoms with Crippen LogP contribution in [0, 0.1) is 5.41 Å². The number of hydrogen-bond acceptors (Lipinski definition) is 1. The van der Waals surface area contributed by atoms with Crippen molar-refractivity contribution >= 4 is 5.91 Å². The van der Waals surface area contributed by atoms with Crippen LogP contribution >= 0.6 is 0 Å². The van der Waals surface area contributed by atoms with Gasteiger partial charge in [-0.05, 0) is 13.8 Å². The quantitative estimate of drug-likeness (QED) is 0.605. The first-order valence-electron chi connectivity index (χ1n) is 4.63. The van der Waals surface area contributed by atoms with Crippen molar-refractivity contribution in [1.82, 2.24) is 4.90 Å². The van der Waals surface area contributed by atoms with Crippen LogP contribution in [-0.2, 0) is 4.79 Å². The normalized spacial score (nSPS) is 21.0. The molecule has 1 amide bonds. The van der Waals surface area contributed by atoms with Gasteiger partial charge in [0, 0.05) is 23.7 Å². The molecule has 0 spiro atoms. The Hall–Kier alpha value is -1.05. The SMILES string of the molecule is CC(C)N1C=CC(C)(C)C=CC1=O. The number of rotatable bonds is 1. The van der Waals surface area contributed by atoms with E-state index in [9.17, 15) is 4.79 Å². The van der Waals surface area contributed by atoms with Gasteiger partial charge in [0.1, 0.15) is 0 Å². The second kappa shape index (κ2) is 3.36. The molecule has 1 rings (SSSR count). The molecule has 0 fully saturated rings. The summed E-state index contributed by atoms with van der Waals surface area (Å²) in [7, 11) is 0. The second-order valence-electron chi connectivity index (χ2n) is 4.31. The van der Waals surface area contributed by atoms with Crippen LogP contribution < -0.4 is 0 Å². The predicted molar refractivity (Wildman–Crippen MR) is 54.0 cm³/mol. The van der Waals surface area contributed by atoms with E-state index in [1.807, 2.05) is 26.1 Å². The summed E-state index contributed by atoms with van der Waals surface area (Å²) in [5.41, 5.74) is -0.0146. The molecule has 2 heteroatoms. The third-order valence-corrected chi connectivity index (χ3v) is 2.13. The van der Waals surface area contributed by atoms with Gasteiger partial charge in [0.05, 0.1) is 0 Å². The van der Waals surface area contributed by atoms with Gasteiger partial charge in [-0.3, -0.25) is 4.79 Å². The Balaban J connectivity index is 2.94. The summed E-state index contributed by atoms with van der Waals surface area (Å²) >= 11 is 0. The highest BCUT2D eigenvalue weighted by Crippen LogP contribution is 2.22. The fourth-order valence-electron chi connectivity index (χ4n) is 1.20. The Morgan fingerprint density at radius 1 is 1.31 bits per heavy atom. The highest BCUT2D eigenvalue weighted by molar-refractivity contribution is 5.89. The van der Waals surface area contributed by atoms with E-state index >= 15 is 0 Å². The molecule has 0 saturated carbocycles. The Kier molecular flexibility index (Phi) is 2.60. The number of hydrogen-bond donors (Lipinski definition) is 0. The predicted octanol–water partition coefficient (Wildman–Crippen LogP) is 2.33. The molecule has 0 aliphatic carbocycles. The molecule has 0 bridgehead atoms. The maximum absolute atomic E-state index is 11.5. The van der Waals surface area contributed by atoms with Crippen LogP contribution in [-0.4, -0.2) is 16.8 Å². The molecule has 0 aromatic carbocycles. The fourth-order valence-corrected chi connectivity index (χ4v) is 1.20. The second-order valence-corrected chi connectivity index (χ2v) is 4.31. The first-order valence-corrected chi connectivity index (χ1v) is 4.63. The zero-order chi connectivity index (χ0) is 10.1. The van der Waals surface area contributed by atoms with Crippen molar-refractivity contribution in [1.29, 1.82) is 0 Å². The van der Waals surface area contributed by atoms with E-state index < -0.39 is 0 Å². The molecule has 0 aromatic rings. The van der Waals surface area contributed by atoms with Gasteiger partial charge in [-0.2, -0.15) is 0 Å². The Labute approximate surface area is 79.9 Å². The summed E-state index contributed by atoms with van der Waals surface area (Å²) in [6.07, 6.45) is 7.52. The van der Waals surface area contributed by atoms with Crippen molar-refractivity contribution in [2.24, 2.45) is 5.41 Å². The molecule has 72 valence electrons. The van der Waals surface area contributed by atoms with E-state index in [0.717, 1.165) is 0 Å². The molecule has 0 unspecified atom stereocenters. The zero-order valence-corrected chi connectivity index (χ0v) is 8.74. The van der Waals surface area contributed by atoms with E-state index in [1.54, 1.807) is 11.0 Å². The van der Waals surface area contributed by atoms with Crippen molar-refractivity contribution in [3.05, 3.63) is 24.4 Å². The molecule has 0 saturated heterocycles. The summed E-state index contributed by atoms with van der Waals surface area (Å²) in [4.78, 5) is 13.3. The highest BCUT2D eigenvalue weighted by Gasteiger charge is 2.18. The van der Waals surface area contributed by atoms with Gasteiger partial charge in [0.2, 0.25) is 5.91 Å². The Morgan fingerprint density at radius 3 is 2.46 bits per heavy atom. The molecule has 1 aliphatic rings. The maximum atomic E-state index is 11.5. The lowest BCUT2D eigenvalue weighted by Crippen LogP contribution is -2.30. The van der Waals surface area contributed by atoms with Crippen LogP contribution in [0.5, 0.6) is 0 Å². The lowest BCUT2D eigenvalue weighted by atomic mass is 9.94. The van der Waals surface area contributed by atoms with Crippen LogP contribution in [0.1, 0.15) is 27.7 Å². The standard InChI is InChI=1S/C11H17NO/c1-9(2)12-8-7-11(3,4)6-5-10(12)13/h5-9H,1-4H3. The van der Waals surface area contributed by atoms with E-state index in [-0.39, 0.29) is 17.4 Å². The van der Waals surface area contributed by atoms with Crippen LogP contribution in [0.25, 0.3) is 0 Å². The topological polar surface area (TPSA) is 20.3 Å². The summed E-state index contributed by atoms with van der Waals surface area (Å²) in [6.45, 7) is 8.18. The summed E-state index contributed by atoms with van der Waals surface area (Å²) < 4.78 is 0. The minimum Gasteiger partial charge on any atom is -0.313 e. The highest BCUT2D eigenvalue weighted by atomic mass is 16.2. The van der Waals surface area contributed by atoms with Gasteiger partial charge in [-0.25, -0.2) is 0 Å². The van der Waals surface area contributed by atoms with Crippen molar-refractivity contribution in [2.75, 3.05) is 0 Å². The molecular formula is C11H17NO. The summed E-state index contributed by atoms with van der Waals surface area (Å²) in [6, 6.07) is 0.224.